The first-order valence-electron chi connectivity index (χ1n) is 11.9. The highest BCUT2D eigenvalue weighted by atomic mass is 35.5. The summed E-state index contributed by atoms with van der Waals surface area (Å²) < 4.78 is 0. The molecule has 1 aliphatic heterocycles. The molecular weight excluding hydrogens is 494 g/mol. The minimum absolute atomic E-state index is 0.129. The normalized spacial score (nSPS) is 14.6. The number of halogens is 1. The molecule has 37 heavy (non-hydrogen) atoms. The lowest BCUT2D eigenvalue weighted by Crippen LogP contribution is -2.47. The van der Waals surface area contributed by atoms with Crippen LogP contribution in [0.25, 0.3) is 11.1 Å². The van der Waals surface area contributed by atoms with E-state index in [1.54, 1.807) is 30.3 Å². The summed E-state index contributed by atoms with van der Waals surface area (Å²) in [5, 5.41) is 15.7. The Labute approximate surface area is 220 Å². The van der Waals surface area contributed by atoms with Crippen molar-refractivity contribution in [1.29, 1.82) is 0 Å². The lowest BCUT2D eigenvalue weighted by Gasteiger charge is -2.35. The summed E-state index contributed by atoms with van der Waals surface area (Å²) in [5.41, 5.74) is 16.1. The number of anilines is 3. The quantitative estimate of drug-likeness (QED) is 0.157. The fourth-order valence-electron chi connectivity index (χ4n) is 4.31. The van der Waals surface area contributed by atoms with Crippen molar-refractivity contribution in [3.63, 3.8) is 0 Å². The number of aromatic nitrogens is 2. The van der Waals surface area contributed by atoms with E-state index in [-0.39, 0.29) is 18.3 Å². The number of β-amino-alcohol motifs (C(OH)–C–C–N with tert-alkyl or cyclic N) is 1. The van der Waals surface area contributed by atoms with Crippen LogP contribution in [0.15, 0.2) is 46.6 Å². The number of aryl methyl sites for hydroxylation is 2. The topological polar surface area (TPSA) is 158 Å². The molecule has 11 nitrogen and oxygen atoms in total. The Morgan fingerprint density at radius 3 is 2.57 bits per heavy atom. The van der Waals surface area contributed by atoms with Gasteiger partial charge in [-0.3, -0.25) is 4.90 Å². The number of nitrogens with zero attached hydrogens (tertiary/aromatic N) is 6. The van der Waals surface area contributed by atoms with Crippen LogP contribution in [0.5, 0.6) is 0 Å². The maximum atomic E-state index is 11.0. The molecule has 0 unspecified atom stereocenters. The molecule has 6 N–H and O–H groups in total. The van der Waals surface area contributed by atoms with Crippen LogP contribution in [0, 0.1) is 18.8 Å². The Morgan fingerprint density at radius 1 is 1.14 bits per heavy atom. The van der Waals surface area contributed by atoms with E-state index in [9.17, 15) is 4.91 Å². The Hall–Kier alpha value is -3.80. The smallest absolute Gasteiger partial charge is 0.199 e. The van der Waals surface area contributed by atoms with Gasteiger partial charge in [-0.25, -0.2) is 9.97 Å². The minimum Gasteiger partial charge on any atom is -0.397 e. The third-order valence-electron chi connectivity index (χ3n) is 6.14. The monoisotopic (exact) mass is 523 g/mol. The van der Waals surface area contributed by atoms with Gasteiger partial charge in [0.25, 0.3) is 0 Å². The minimum atomic E-state index is 0.129. The van der Waals surface area contributed by atoms with Gasteiger partial charge in [0.1, 0.15) is 17.3 Å². The van der Waals surface area contributed by atoms with Crippen LogP contribution in [0.4, 0.5) is 28.7 Å². The van der Waals surface area contributed by atoms with Gasteiger partial charge in [-0.15, -0.1) is 4.91 Å². The Balaban J connectivity index is 1.54. The van der Waals surface area contributed by atoms with Crippen LogP contribution in [0.1, 0.15) is 11.4 Å². The molecule has 1 fully saturated rings. The third kappa shape index (κ3) is 6.31. The van der Waals surface area contributed by atoms with Crippen LogP contribution < -0.4 is 21.7 Å². The average molecular weight is 524 g/mol. The Kier molecular flexibility index (Phi) is 8.17. The second kappa shape index (κ2) is 11.5. The van der Waals surface area contributed by atoms with Gasteiger partial charge in [0.2, 0.25) is 0 Å². The first-order chi connectivity index (χ1) is 17.8. The maximum absolute atomic E-state index is 11.0. The fourth-order valence-corrected chi connectivity index (χ4v) is 4.54. The van der Waals surface area contributed by atoms with Crippen LogP contribution in [0.3, 0.4) is 0 Å². The molecule has 2 heterocycles. The molecule has 0 bridgehead atoms. The van der Waals surface area contributed by atoms with Gasteiger partial charge in [-0.1, -0.05) is 11.6 Å². The number of hydrogen-bond acceptors (Lipinski definition) is 9. The van der Waals surface area contributed by atoms with Crippen molar-refractivity contribution < 1.29 is 5.11 Å². The Morgan fingerprint density at radius 2 is 1.89 bits per heavy atom. The highest BCUT2D eigenvalue weighted by molar-refractivity contribution is 6.33. The molecule has 194 valence electrons. The molecule has 1 aromatic heterocycles. The van der Waals surface area contributed by atoms with Crippen molar-refractivity contribution >= 4 is 46.3 Å². The molecule has 4 rings (SSSR count). The molecule has 2 aromatic carbocycles. The summed E-state index contributed by atoms with van der Waals surface area (Å²) in [6.07, 6.45) is 0. The predicted molar refractivity (Wildman–Crippen MR) is 149 cm³/mol. The summed E-state index contributed by atoms with van der Waals surface area (Å²) in [5.74, 6) is 1.94. The van der Waals surface area contributed by atoms with Crippen LogP contribution in [0.2, 0.25) is 5.02 Å². The van der Waals surface area contributed by atoms with Crippen LogP contribution >= 0.6 is 11.6 Å². The zero-order valence-corrected chi connectivity index (χ0v) is 21.5. The zero-order valence-electron chi connectivity index (χ0n) is 20.8. The summed E-state index contributed by atoms with van der Waals surface area (Å²) >= 11 is 6.34. The molecular formula is C25H30ClN9O2. The van der Waals surface area contributed by atoms with E-state index < -0.39 is 0 Å². The standard InChI is InChI=1S/C25H30ClN9O2/c1-15-11-17(19-13-18(33-37)3-4-20(19)26)12-21(27)24(15)32-25(28)31-22-14-23(30-16(2)29-22)35-7-5-34(6-8-35)9-10-36/h3-4,11-14,36H,5-10,27H2,1-2H3,(H3,28,29,30,31,32). The number of nitrogens with two attached hydrogens (primary N) is 2. The first kappa shape index (κ1) is 26.3. The number of nitrogens with one attached hydrogen (secondary N) is 1. The number of nitroso groups, excluding NO2 is 1. The van der Waals surface area contributed by atoms with Gasteiger partial charge >= 0.3 is 0 Å². The molecule has 12 heteroatoms. The first-order valence-corrected chi connectivity index (χ1v) is 12.2. The Bertz CT molecular complexity index is 1300. The number of aliphatic hydroxyl groups excluding tert-OH is 1. The molecule has 0 radical (unpaired) electrons. The van der Waals surface area contributed by atoms with Gasteiger partial charge in [-0.2, -0.15) is 4.99 Å². The average Bonchev–Trinajstić information content (AvgIpc) is 2.86. The van der Waals surface area contributed by atoms with Gasteiger partial charge in [0.05, 0.1) is 18.0 Å². The number of benzene rings is 2. The van der Waals surface area contributed by atoms with E-state index in [0.717, 1.165) is 43.1 Å². The SMILES string of the molecule is Cc1nc(/N=C(\N)Nc2c(C)cc(-c3cc(N=O)ccc3Cl)cc2N)cc(N2CCN(CCO)CC2)n1. The van der Waals surface area contributed by atoms with Crippen molar-refractivity contribution in [2.24, 2.45) is 15.9 Å². The van der Waals surface area contributed by atoms with E-state index in [2.05, 4.69) is 35.3 Å². The van der Waals surface area contributed by atoms with Gasteiger partial charge in [0.15, 0.2) is 11.8 Å². The predicted octanol–water partition coefficient (Wildman–Crippen LogP) is 3.57. The largest absolute Gasteiger partial charge is 0.397 e. The molecule has 1 saturated heterocycles. The van der Waals surface area contributed by atoms with E-state index in [1.807, 2.05) is 19.9 Å². The van der Waals surface area contributed by atoms with Crippen LogP contribution in [-0.2, 0) is 0 Å². The summed E-state index contributed by atoms with van der Waals surface area (Å²) in [4.78, 5) is 28.8. The second-order valence-electron chi connectivity index (χ2n) is 8.82. The highest BCUT2D eigenvalue weighted by Gasteiger charge is 2.19. The zero-order chi connectivity index (χ0) is 26.5. The van der Waals surface area contributed by atoms with E-state index in [0.29, 0.717) is 40.1 Å². The van der Waals surface area contributed by atoms with Crippen molar-refractivity contribution in [2.45, 2.75) is 13.8 Å². The molecule has 1 aliphatic rings. The van der Waals surface area contributed by atoms with E-state index in [4.69, 9.17) is 28.2 Å². The van der Waals surface area contributed by atoms with Gasteiger partial charge in [0, 0.05) is 49.4 Å². The molecule has 3 aromatic rings. The lowest BCUT2D eigenvalue weighted by molar-refractivity contribution is 0.188. The van der Waals surface area contributed by atoms with Crippen LogP contribution in [-0.4, -0.2) is 65.3 Å². The second-order valence-corrected chi connectivity index (χ2v) is 9.23. The number of rotatable bonds is 7. The number of aliphatic hydroxyl groups is 1. The van der Waals surface area contributed by atoms with E-state index in [1.165, 1.54) is 0 Å². The van der Waals surface area contributed by atoms with Gasteiger partial charge in [-0.05, 0) is 60.5 Å². The summed E-state index contributed by atoms with van der Waals surface area (Å²) in [6.45, 7) is 7.82. The molecule has 0 saturated carbocycles. The molecule has 0 amide bonds. The third-order valence-corrected chi connectivity index (χ3v) is 6.47. The van der Waals surface area contributed by atoms with Gasteiger partial charge < -0.3 is 26.8 Å². The summed E-state index contributed by atoms with van der Waals surface area (Å²) in [7, 11) is 0. The lowest BCUT2D eigenvalue weighted by atomic mass is 10.0. The van der Waals surface area contributed by atoms with E-state index >= 15 is 0 Å². The molecule has 0 atom stereocenters. The molecule has 0 spiro atoms. The highest BCUT2D eigenvalue weighted by Crippen LogP contribution is 2.36. The van der Waals surface area contributed by atoms with Crippen molar-refractivity contribution in [1.82, 2.24) is 14.9 Å². The van der Waals surface area contributed by atoms with Crippen molar-refractivity contribution in [3.8, 4) is 11.1 Å². The summed E-state index contributed by atoms with van der Waals surface area (Å²) in [6, 6.07) is 10.3. The fraction of sp³-hybridized carbons (Fsp3) is 0.320. The molecule has 0 aliphatic carbocycles. The number of guanidine groups is 1. The number of piperazine rings is 1. The van der Waals surface area contributed by atoms with Crippen molar-refractivity contribution in [3.05, 3.63) is 57.7 Å². The number of hydrogen-bond donors (Lipinski definition) is 4. The number of nitrogen functional groups attached to an aromatic ring is 1. The van der Waals surface area contributed by atoms with Crippen molar-refractivity contribution in [2.75, 3.05) is 55.3 Å². The number of aliphatic imine (C=N–C) groups is 1. The maximum Gasteiger partial charge on any atom is 0.199 e.